The number of piperidine rings is 3. The fraction of sp³-hybridized carbons (Fsp3) is 0.350. The van der Waals surface area contributed by atoms with Crippen LogP contribution in [0, 0.1) is 17.2 Å². The van der Waals surface area contributed by atoms with E-state index in [-0.39, 0.29) is 11.9 Å². The Kier molecular flexibility index (Phi) is 4.91. The van der Waals surface area contributed by atoms with Crippen LogP contribution >= 0.6 is 11.8 Å². The van der Waals surface area contributed by atoms with Crippen molar-refractivity contribution in [3.05, 3.63) is 53.7 Å². The van der Waals surface area contributed by atoms with E-state index in [4.69, 9.17) is 5.26 Å². The Morgan fingerprint density at radius 2 is 2.00 bits per heavy atom. The molecule has 2 aromatic rings. The number of fused-ring (bicyclic) bond motifs is 3. The third-order valence-corrected chi connectivity index (χ3v) is 6.12. The number of pyridine rings is 1. The van der Waals surface area contributed by atoms with Gasteiger partial charge in [-0.25, -0.2) is 4.98 Å². The first-order chi connectivity index (χ1) is 12.7. The Balaban J connectivity index is 1.39. The summed E-state index contributed by atoms with van der Waals surface area (Å²) in [6.45, 7) is 3.32. The summed E-state index contributed by atoms with van der Waals surface area (Å²) in [5.41, 5.74) is 1.28. The molecular weight excluding hydrogens is 344 g/mol. The summed E-state index contributed by atoms with van der Waals surface area (Å²) >= 11 is 1.48. The molecule has 0 saturated carbocycles. The van der Waals surface area contributed by atoms with Gasteiger partial charge in [-0.1, -0.05) is 11.8 Å². The average molecular weight is 364 g/mol. The van der Waals surface area contributed by atoms with E-state index in [9.17, 15) is 4.79 Å². The number of carbonyl (C=O) groups excluding carboxylic acids is 1. The molecule has 3 fully saturated rings. The number of benzene rings is 1. The summed E-state index contributed by atoms with van der Waals surface area (Å²) in [6, 6.07) is 13.4. The van der Waals surface area contributed by atoms with Crippen LogP contribution in [0.5, 0.6) is 0 Å². The van der Waals surface area contributed by atoms with Crippen LogP contribution < -0.4 is 5.32 Å². The first kappa shape index (κ1) is 17.1. The number of aromatic nitrogens is 1. The number of hydrogen-bond acceptors (Lipinski definition) is 5. The Morgan fingerprint density at radius 3 is 2.65 bits per heavy atom. The van der Waals surface area contributed by atoms with Gasteiger partial charge in [0.2, 0.25) is 0 Å². The number of rotatable bonds is 4. The summed E-state index contributed by atoms with van der Waals surface area (Å²) in [4.78, 5) is 20.3. The molecule has 0 spiro atoms. The molecule has 3 aliphatic rings. The van der Waals surface area contributed by atoms with Crippen molar-refractivity contribution in [1.29, 1.82) is 5.26 Å². The van der Waals surface area contributed by atoms with E-state index in [0.29, 0.717) is 17.0 Å². The van der Waals surface area contributed by atoms with E-state index in [0.717, 1.165) is 16.5 Å². The largest absolute Gasteiger partial charge is 0.348 e. The maximum absolute atomic E-state index is 12.6. The van der Waals surface area contributed by atoms with Crippen molar-refractivity contribution >= 4 is 17.7 Å². The third-order valence-electron chi connectivity index (χ3n) is 5.18. The smallest absolute Gasteiger partial charge is 0.251 e. The lowest BCUT2D eigenvalue weighted by Crippen LogP contribution is -2.57. The Hall–Kier alpha value is -2.36. The molecule has 2 bridgehead atoms. The van der Waals surface area contributed by atoms with Gasteiger partial charge in [0.05, 0.1) is 11.6 Å². The van der Waals surface area contributed by atoms with Crippen LogP contribution in [0.4, 0.5) is 0 Å². The minimum atomic E-state index is 0.00454. The fourth-order valence-corrected chi connectivity index (χ4v) is 4.52. The summed E-state index contributed by atoms with van der Waals surface area (Å²) in [6.07, 6.45) is 4.02. The molecule has 1 amide bonds. The molecule has 0 radical (unpaired) electrons. The highest BCUT2D eigenvalue weighted by Gasteiger charge is 2.34. The van der Waals surface area contributed by atoms with Gasteiger partial charge in [0.1, 0.15) is 5.03 Å². The van der Waals surface area contributed by atoms with Crippen molar-refractivity contribution in [3.63, 3.8) is 0 Å². The zero-order valence-electron chi connectivity index (χ0n) is 14.4. The molecule has 1 aromatic carbocycles. The van der Waals surface area contributed by atoms with Crippen LogP contribution in [0.1, 0.15) is 28.8 Å². The van der Waals surface area contributed by atoms with Gasteiger partial charge in [0, 0.05) is 29.2 Å². The van der Waals surface area contributed by atoms with E-state index in [2.05, 4.69) is 21.3 Å². The molecule has 132 valence electrons. The monoisotopic (exact) mass is 364 g/mol. The highest BCUT2D eigenvalue weighted by molar-refractivity contribution is 7.99. The molecule has 5 rings (SSSR count). The minimum Gasteiger partial charge on any atom is -0.348 e. The van der Waals surface area contributed by atoms with Crippen molar-refractivity contribution in [1.82, 2.24) is 15.2 Å². The quantitative estimate of drug-likeness (QED) is 0.903. The number of carbonyl (C=O) groups is 1. The van der Waals surface area contributed by atoms with E-state index in [1.807, 2.05) is 24.3 Å². The highest BCUT2D eigenvalue weighted by Crippen LogP contribution is 2.28. The molecule has 3 saturated heterocycles. The molecule has 1 atom stereocenters. The topological polar surface area (TPSA) is 69.0 Å². The van der Waals surface area contributed by atoms with Gasteiger partial charge < -0.3 is 10.2 Å². The van der Waals surface area contributed by atoms with Gasteiger partial charge in [-0.15, -0.1) is 0 Å². The van der Waals surface area contributed by atoms with Gasteiger partial charge in [-0.2, -0.15) is 5.26 Å². The van der Waals surface area contributed by atoms with E-state index in [1.54, 1.807) is 18.3 Å². The molecule has 3 aliphatic heterocycles. The number of hydrogen-bond donors (Lipinski definition) is 1. The summed E-state index contributed by atoms with van der Waals surface area (Å²) in [5.74, 6) is 0.627. The van der Waals surface area contributed by atoms with Gasteiger partial charge >= 0.3 is 0 Å². The molecule has 4 heterocycles. The second kappa shape index (κ2) is 7.48. The minimum absolute atomic E-state index is 0.00454. The maximum Gasteiger partial charge on any atom is 0.251 e. The van der Waals surface area contributed by atoms with Crippen LogP contribution in [0.25, 0.3) is 0 Å². The van der Waals surface area contributed by atoms with Crippen LogP contribution in [-0.2, 0) is 0 Å². The lowest BCUT2D eigenvalue weighted by atomic mass is 9.84. The third kappa shape index (κ3) is 3.74. The van der Waals surface area contributed by atoms with E-state index < -0.39 is 0 Å². The van der Waals surface area contributed by atoms with Crippen molar-refractivity contribution in [2.45, 2.75) is 28.8 Å². The first-order valence-corrected chi connectivity index (χ1v) is 9.70. The Bertz CT molecular complexity index is 838. The summed E-state index contributed by atoms with van der Waals surface area (Å²) in [5, 5.41) is 13.0. The number of nitrogens with zero attached hydrogens (tertiary/aromatic N) is 3. The molecule has 6 heteroatoms. The average Bonchev–Trinajstić information content (AvgIpc) is 2.69. The SMILES string of the molecule is N#Cc1ccnc(Sc2ccc(C(=O)N[C@H]3CN4CCC3CC4)cc2)c1. The predicted octanol–water partition coefficient (Wildman–Crippen LogP) is 2.93. The van der Waals surface area contributed by atoms with Crippen LogP contribution in [0.2, 0.25) is 0 Å². The second-order valence-electron chi connectivity index (χ2n) is 6.84. The summed E-state index contributed by atoms with van der Waals surface area (Å²) < 4.78 is 0. The van der Waals surface area contributed by atoms with Crippen molar-refractivity contribution in [3.8, 4) is 6.07 Å². The second-order valence-corrected chi connectivity index (χ2v) is 7.93. The molecular formula is C20H20N4OS. The Labute approximate surface area is 157 Å². The number of nitrogens with one attached hydrogen (secondary N) is 1. The van der Waals surface area contributed by atoms with Gasteiger partial charge in [-0.3, -0.25) is 4.79 Å². The zero-order valence-corrected chi connectivity index (χ0v) is 15.2. The molecule has 0 aliphatic carbocycles. The molecule has 0 unspecified atom stereocenters. The molecule has 26 heavy (non-hydrogen) atoms. The van der Waals surface area contributed by atoms with Gasteiger partial charge in [0.25, 0.3) is 5.91 Å². The van der Waals surface area contributed by atoms with Crippen LogP contribution in [0.3, 0.4) is 0 Å². The van der Waals surface area contributed by atoms with Crippen LogP contribution in [0.15, 0.2) is 52.5 Å². The molecule has 1 N–H and O–H groups in total. The lowest BCUT2D eigenvalue weighted by Gasteiger charge is -2.44. The lowest BCUT2D eigenvalue weighted by molar-refractivity contribution is 0.0620. The van der Waals surface area contributed by atoms with E-state index >= 15 is 0 Å². The predicted molar refractivity (Wildman–Crippen MR) is 99.9 cm³/mol. The molecule has 1 aromatic heterocycles. The van der Waals surface area contributed by atoms with Gasteiger partial charge in [0.15, 0.2) is 0 Å². The Morgan fingerprint density at radius 1 is 1.23 bits per heavy atom. The molecule has 5 nitrogen and oxygen atoms in total. The number of amides is 1. The van der Waals surface area contributed by atoms with E-state index in [1.165, 1.54) is 37.7 Å². The fourth-order valence-electron chi connectivity index (χ4n) is 3.71. The first-order valence-electron chi connectivity index (χ1n) is 8.88. The standard InChI is InChI=1S/C20H20N4OS/c21-12-14-5-8-22-19(11-14)26-17-3-1-16(2-4-17)20(25)23-18-13-24-9-6-15(18)7-10-24/h1-5,8,11,15,18H,6-7,9-10,13H2,(H,23,25)/t18-/m0/s1. The highest BCUT2D eigenvalue weighted by atomic mass is 32.2. The van der Waals surface area contributed by atoms with Crippen LogP contribution in [-0.4, -0.2) is 41.5 Å². The van der Waals surface area contributed by atoms with Crippen molar-refractivity contribution in [2.24, 2.45) is 5.92 Å². The van der Waals surface area contributed by atoms with Gasteiger partial charge in [-0.05, 0) is 68.2 Å². The van der Waals surface area contributed by atoms with Crippen molar-refractivity contribution in [2.75, 3.05) is 19.6 Å². The maximum atomic E-state index is 12.6. The summed E-state index contributed by atoms with van der Waals surface area (Å²) in [7, 11) is 0. The zero-order chi connectivity index (χ0) is 17.9. The number of nitriles is 1. The van der Waals surface area contributed by atoms with Crippen molar-refractivity contribution < 1.29 is 4.79 Å². The normalized spacial score (nSPS) is 24.0.